The molecular formula is C11H21NO2. The second kappa shape index (κ2) is 6.96. The fourth-order valence-corrected chi connectivity index (χ4v) is 1.96. The summed E-state index contributed by atoms with van der Waals surface area (Å²) in [7, 11) is 0. The van der Waals surface area contributed by atoms with Gasteiger partial charge >= 0.3 is 0 Å². The van der Waals surface area contributed by atoms with Crippen molar-refractivity contribution in [3.05, 3.63) is 0 Å². The highest BCUT2D eigenvalue weighted by molar-refractivity contribution is 5.57. The number of piperidine rings is 1. The number of carbonyl (C=O) groups excluding carboxylic acids is 1. The molecular weight excluding hydrogens is 178 g/mol. The Morgan fingerprint density at radius 2 is 2.36 bits per heavy atom. The summed E-state index contributed by atoms with van der Waals surface area (Å²) in [6.07, 6.45) is 5.61. The van der Waals surface area contributed by atoms with Crippen molar-refractivity contribution < 1.29 is 9.53 Å². The number of nitrogens with zero attached hydrogens (tertiary/aromatic N) is 1. The van der Waals surface area contributed by atoms with Crippen molar-refractivity contribution in [3.63, 3.8) is 0 Å². The maximum atomic E-state index is 10.8. The number of ether oxygens (including phenoxy) is 1. The summed E-state index contributed by atoms with van der Waals surface area (Å²) in [5.41, 5.74) is 0. The van der Waals surface area contributed by atoms with Gasteiger partial charge in [-0.25, -0.2) is 0 Å². The summed E-state index contributed by atoms with van der Waals surface area (Å²) in [6.45, 7) is 5.70. The lowest BCUT2D eigenvalue weighted by atomic mass is 10.0. The summed E-state index contributed by atoms with van der Waals surface area (Å²) in [5.74, 6) is 0. The molecule has 1 atom stereocenters. The molecule has 3 heteroatoms. The normalized spacial score (nSPS) is 23.6. The Morgan fingerprint density at radius 3 is 3.07 bits per heavy atom. The van der Waals surface area contributed by atoms with E-state index in [9.17, 15) is 4.79 Å². The van der Waals surface area contributed by atoms with Crippen LogP contribution in [0, 0.1) is 0 Å². The van der Waals surface area contributed by atoms with Gasteiger partial charge in [0.15, 0.2) is 0 Å². The minimum atomic E-state index is 0.172. The highest BCUT2D eigenvalue weighted by atomic mass is 16.5. The summed E-state index contributed by atoms with van der Waals surface area (Å²) in [5, 5.41) is 0. The Kier molecular flexibility index (Phi) is 5.80. The van der Waals surface area contributed by atoms with Gasteiger partial charge in [-0.1, -0.05) is 6.42 Å². The van der Waals surface area contributed by atoms with Crippen LogP contribution >= 0.6 is 0 Å². The summed E-state index contributed by atoms with van der Waals surface area (Å²) in [6, 6.07) is 0.172. The molecule has 1 saturated heterocycles. The molecule has 0 radical (unpaired) electrons. The van der Waals surface area contributed by atoms with E-state index in [4.69, 9.17) is 4.74 Å². The minimum Gasteiger partial charge on any atom is -0.382 e. The topological polar surface area (TPSA) is 29.5 Å². The third-order valence-electron chi connectivity index (χ3n) is 2.76. The zero-order chi connectivity index (χ0) is 10.2. The summed E-state index contributed by atoms with van der Waals surface area (Å²) in [4.78, 5) is 13.1. The van der Waals surface area contributed by atoms with Crippen LogP contribution in [-0.2, 0) is 9.53 Å². The molecule has 0 spiro atoms. The Bertz CT molecular complexity index is 161. The van der Waals surface area contributed by atoms with Crippen LogP contribution in [0.3, 0.4) is 0 Å². The maximum Gasteiger partial charge on any atom is 0.137 e. The molecule has 0 saturated carbocycles. The van der Waals surface area contributed by atoms with Crippen LogP contribution in [0.25, 0.3) is 0 Å². The Balaban J connectivity index is 2.16. The first-order valence-corrected chi connectivity index (χ1v) is 5.65. The highest BCUT2D eigenvalue weighted by Gasteiger charge is 2.20. The van der Waals surface area contributed by atoms with Crippen molar-refractivity contribution in [1.82, 2.24) is 4.90 Å². The molecule has 0 N–H and O–H groups in total. The van der Waals surface area contributed by atoms with Gasteiger partial charge in [-0.2, -0.15) is 0 Å². The van der Waals surface area contributed by atoms with E-state index >= 15 is 0 Å². The highest BCUT2D eigenvalue weighted by Crippen LogP contribution is 2.15. The molecule has 0 aromatic heterocycles. The van der Waals surface area contributed by atoms with E-state index in [0.29, 0.717) is 0 Å². The van der Waals surface area contributed by atoms with E-state index < -0.39 is 0 Å². The first-order chi connectivity index (χ1) is 6.88. The van der Waals surface area contributed by atoms with Crippen molar-refractivity contribution in [2.24, 2.45) is 0 Å². The second-order valence-electron chi connectivity index (χ2n) is 3.79. The van der Waals surface area contributed by atoms with Crippen molar-refractivity contribution in [3.8, 4) is 0 Å². The Hall–Kier alpha value is -0.410. The molecule has 1 aliphatic heterocycles. The fourth-order valence-electron chi connectivity index (χ4n) is 1.96. The van der Waals surface area contributed by atoms with E-state index in [1.54, 1.807) is 0 Å². The number of likely N-dealkylation sites (tertiary alicyclic amines) is 1. The largest absolute Gasteiger partial charge is 0.382 e. The average Bonchev–Trinajstić information content (AvgIpc) is 2.25. The van der Waals surface area contributed by atoms with Gasteiger partial charge in [0.05, 0.1) is 6.04 Å². The smallest absolute Gasteiger partial charge is 0.137 e. The zero-order valence-electron chi connectivity index (χ0n) is 9.08. The van der Waals surface area contributed by atoms with Crippen LogP contribution in [0.1, 0.15) is 32.6 Å². The average molecular weight is 199 g/mol. The Morgan fingerprint density at radius 1 is 1.50 bits per heavy atom. The lowest BCUT2D eigenvalue weighted by Gasteiger charge is -2.32. The van der Waals surface area contributed by atoms with E-state index in [1.165, 1.54) is 12.8 Å². The predicted molar refractivity (Wildman–Crippen MR) is 56.4 cm³/mol. The van der Waals surface area contributed by atoms with Gasteiger partial charge in [-0.05, 0) is 32.7 Å². The van der Waals surface area contributed by atoms with Gasteiger partial charge in [0.1, 0.15) is 6.29 Å². The van der Waals surface area contributed by atoms with Crippen LogP contribution in [0.15, 0.2) is 0 Å². The molecule has 3 nitrogen and oxygen atoms in total. The SMILES string of the molecule is CCOCCCN1CCCCC1C=O. The lowest BCUT2D eigenvalue weighted by molar-refractivity contribution is -0.113. The summed E-state index contributed by atoms with van der Waals surface area (Å²) < 4.78 is 5.28. The zero-order valence-corrected chi connectivity index (χ0v) is 9.08. The van der Waals surface area contributed by atoms with Gasteiger partial charge in [0.25, 0.3) is 0 Å². The number of rotatable bonds is 6. The molecule has 0 aliphatic carbocycles. The van der Waals surface area contributed by atoms with Crippen molar-refractivity contribution in [2.75, 3.05) is 26.3 Å². The quantitative estimate of drug-likeness (QED) is 0.479. The third-order valence-corrected chi connectivity index (χ3v) is 2.76. The van der Waals surface area contributed by atoms with E-state index in [-0.39, 0.29) is 6.04 Å². The molecule has 0 aromatic rings. The molecule has 0 amide bonds. The molecule has 1 rings (SSSR count). The lowest BCUT2D eigenvalue weighted by Crippen LogP contribution is -2.41. The molecule has 0 bridgehead atoms. The molecule has 1 aliphatic rings. The van der Waals surface area contributed by atoms with Crippen molar-refractivity contribution in [1.29, 1.82) is 0 Å². The van der Waals surface area contributed by atoms with Crippen LogP contribution < -0.4 is 0 Å². The molecule has 14 heavy (non-hydrogen) atoms. The van der Waals surface area contributed by atoms with E-state index in [2.05, 4.69) is 4.90 Å². The van der Waals surface area contributed by atoms with Crippen LogP contribution in [0.5, 0.6) is 0 Å². The van der Waals surface area contributed by atoms with Gasteiger partial charge < -0.3 is 9.53 Å². The number of hydrogen-bond donors (Lipinski definition) is 0. The van der Waals surface area contributed by atoms with Crippen LogP contribution in [0.4, 0.5) is 0 Å². The minimum absolute atomic E-state index is 0.172. The van der Waals surface area contributed by atoms with Gasteiger partial charge in [-0.15, -0.1) is 0 Å². The Labute approximate surface area is 86.4 Å². The fraction of sp³-hybridized carbons (Fsp3) is 0.909. The van der Waals surface area contributed by atoms with Gasteiger partial charge in [0, 0.05) is 19.8 Å². The van der Waals surface area contributed by atoms with E-state index in [0.717, 1.165) is 45.4 Å². The van der Waals surface area contributed by atoms with Crippen molar-refractivity contribution >= 4 is 6.29 Å². The van der Waals surface area contributed by atoms with Crippen LogP contribution in [0.2, 0.25) is 0 Å². The van der Waals surface area contributed by atoms with Crippen molar-refractivity contribution in [2.45, 2.75) is 38.6 Å². The van der Waals surface area contributed by atoms with Gasteiger partial charge in [0.2, 0.25) is 0 Å². The predicted octanol–water partition coefficient (Wildman–Crippen LogP) is 1.47. The van der Waals surface area contributed by atoms with E-state index in [1.807, 2.05) is 6.92 Å². The molecule has 82 valence electrons. The van der Waals surface area contributed by atoms with Crippen LogP contribution in [-0.4, -0.2) is 43.5 Å². The third kappa shape index (κ3) is 3.76. The van der Waals surface area contributed by atoms with Gasteiger partial charge in [-0.3, -0.25) is 4.90 Å². The number of carbonyl (C=O) groups is 1. The monoisotopic (exact) mass is 199 g/mol. The maximum absolute atomic E-state index is 10.8. The standard InChI is InChI=1S/C11H21NO2/c1-2-14-9-5-8-12-7-4-3-6-11(12)10-13/h10-11H,2-9H2,1H3. The molecule has 1 fully saturated rings. The number of hydrogen-bond acceptors (Lipinski definition) is 3. The number of aldehydes is 1. The summed E-state index contributed by atoms with van der Waals surface area (Å²) >= 11 is 0. The molecule has 0 aromatic carbocycles. The molecule has 1 unspecified atom stereocenters. The molecule has 1 heterocycles. The second-order valence-corrected chi connectivity index (χ2v) is 3.79. The first kappa shape index (κ1) is 11.7. The first-order valence-electron chi connectivity index (χ1n) is 5.65.